The highest BCUT2D eigenvalue weighted by atomic mass is 35.5. The van der Waals surface area contributed by atoms with Crippen LogP contribution in [0.4, 0.5) is 23.1 Å². The highest BCUT2D eigenvalue weighted by molar-refractivity contribution is 6.32. The minimum absolute atomic E-state index is 0.456. The summed E-state index contributed by atoms with van der Waals surface area (Å²) in [6.07, 6.45) is 8.10. The number of fused-ring (bicyclic) bond motifs is 6. The van der Waals surface area contributed by atoms with Gasteiger partial charge in [-0.1, -0.05) is 11.6 Å². The maximum absolute atomic E-state index is 6.33. The number of halogens is 1. The SMILES string of the molecule is Clc1cnc2nc1Nc1ccc(OCC3CCNC3)c(c1)CCc1cncc(c1)N2. The third-order valence-electron chi connectivity index (χ3n) is 5.44. The Bertz CT molecular complexity index is 1050. The van der Waals surface area contributed by atoms with E-state index < -0.39 is 0 Å². The van der Waals surface area contributed by atoms with E-state index in [4.69, 9.17) is 16.3 Å². The first-order chi connectivity index (χ1) is 14.7. The monoisotopic (exact) mass is 422 g/mol. The molecule has 8 heteroatoms. The van der Waals surface area contributed by atoms with Gasteiger partial charge in [-0.25, -0.2) is 4.98 Å². The third kappa shape index (κ3) is 4.32. The van der Waals surface area contributed by atoms with Gasteiger partial charge < -0.3 is 20.7 Å². The van der Waals surface area contributed by atoms with Crippen molar-refractivity contribution in [2.45, 2.75) is 19.3 Å². The summed E-state index contributed by atoms with van der Waals surface area (Å²) in [5.41, 5.74) is 4.04. The lowest BCUT2D eigenvalue weighted by Crippen LogP contribution is -2.16. The van der Waals surface area contributed by atoms with E-state index in [0.29, 0.717) is 22.7 Å². The number of nitrogens with zero attached hydrogens (tertiary/aromatic N) is 3. The molecule has 1 atom stereocenters. The van der Waals surface area contributed by atoms with Crippen LogP contribution in [0, 0.1) is 5.92 Å². The number of benzene rings is 1. The second-order valence-electron chi connectivity index (χ2n) is 7.71. The Morgan fingerprint density at radius 3 is 2.93 bits per heavy atom. The van der Waals surface area contributed by atoms with Gasteiger partial charge in [0.25, 0.3) is 0 Å². The largest absolute Gasteiger partial charge is 0.493 e. The van der Waals surface area contributed by atoms with E-state index in [1.165, 1.54) is 0 Å². The molecule has 3 aromatic rings. The Morgan fingerprint density at radius 1 is 1.07 bits per heavy atom. The number of aromatic nitrogens is 3. The van der Waals surface area contributed by atoms with Crippen molar-refractivity contribution in [3.05, 3.63) is 59.0 Å². The Hall–Kier alpha value is -2.90. The molecule has 1 unspecified atom stereocenters. The number of pyridine rings is 1. The summed E-state index contributed by atoms with van der Waals surface area (Å²) in [7, 11) is 0. The van der Waals surface area contributed by atoms with E-state index in [1.807, 2.05) is 18.3 Å². The average molecular weight is 423 g/mol. The summed E-state index contributed by atoms with van der Waals surface area (Å²) >= 11 is 6.33. The molecule has 5 rings (SSSR count). The van der Waals surface area contributed by atoms with E-state index in [9.17, 15) is 0 Å². The van der Waals surface area contributed by atoms with Gasteiger partial charge in [0.05, 0.1) is 24.7 Å². The predicted octanol–water partition coefficient (Wildman–Crippen LogP) is 4.10. The quantitative estimate of drug-likeness (QED) is 0.586. The molecule has 30 heavy (non-hydrogen) atoms. The van der Waals surface area contributed by atoms with Crippen molar-refractivity contribution in [3.63, 3.8) is 0 Å². The van der Waals surface area contributed by atoms with E-state index >= 15 is 0 Å². The second kappa shape index (κ2) is 8.45. The number of nitrogens with one attached hydrogen (secondary N) is 3. The molecule has 4 heterocycles. The number of hydrogen-bond acceptors (Lipinski definition) is 7. The first-order valence-electron chi connectivity index (χ1n) is 10.2. The van der Waals surface area contributed by atoms with Gasteiger partial charge in [0.15, 0.2) is 5.82 Å². The van der Waals surface area contributed by atoms with Crippen molar-refractivity contribution in [3.8, 4) is 5.75 Å². The zero-order valence-electron chi connectivity index (χ0n) is 16.5. The Labute approximate surface area is 180 Å². The Kier molecular flexibility index (Phi) is 5.38. The number of ether oxygens (including phenoxy) is 1. The highest BCUT2D eigenvalue weighted by Gasteiger charge is 2.17. The zero-order valence-corrected chi connectivity index (χ0v) is 17.2. The molecular formula is C22H23ClN6O. The van der Waals surface area contributed by atoms with Crippen molar-refractivity contribution in [2.24, 2.45) is 5.92 Å². The van der Waals surface area contributed by atoms with E-state index in [1.54, 1.807) is 12.4 Å². The molecule has 2 aromatic heterocycles. The van der Waals surface area contributed by atoms with Crippen LogP contribution in [-0.4, -0.2) is 34.6 Å². The molecule has 3 N–H and O–H groups in total. The van der Waals surface area contributed by atoms with Crippen LogP contribution in [0.1, 0.15) is 17.5 Å². The van der Waals surface area contributed by atoms with Gasteiger partial charge in [-0.15, -0.1) is 0 Å². The van der Waals surface area contributed by atoms with Gasteiger partial charge >= 0.3 is 0 Å². The topological polar surface area (TPSA) is 84.0 Å². The van der Waals surface area contributed by atoms with Crippen molar-refractivity contribution in [1.82, 2.24) is 20.3 Å². The molecule has 2 aliphatic heterocycles. The van der Waals surface area contributed by atoms with Crippen LogP contribution in [0.25, 0.3) is 0 Å². The lowest BCUT2D eigenvalue weighted by molar-refractivity contribution is 0.258. The third-order valence-corrected chi connectivity index (χ3v) is 5.71. The van der Waals surface area contributed by atoms with Crippen molar-refractivity contribution in [2.75, 3.05) is 30.3 Å². The van der Waals surface area contributed by atoms with Crippen LogP contribution in [0.5, 0.6) is 5.75 Å². The van der Waals surface area contributed by atoms with E-state index in [0.717, 1.165) is 67.2 Å². The Morgan fingerprint density at radius 2 is 2.03 bits per heavy atom. The molecule has 1 aromatic carbocycles. The van der Waals surface area contributed by atoms with Crippen molar-refractivity contribution >= 4 is 34.7 Å². The molecule has 0 saturated carbocycles. The van der Waals surface area contributed by atoms with Crippen LogP contribution < -0.4 is 20.7 Å². The zero-order chi connectivity index (χ0) is 20.3. The standard InChI is InChI=1S/C22H23ClN6O/c23-19-12-26-22-28-18-7-14(9-25-11-18)1-2-16-8-17(27-21(19)29-22)3-4-20(16)30-13-15-5-6-24-10-15/h3-4,7-9,11-12,15,24H,1-2,5-6,10,13H2,(H2,26,27,28,29). The van der Waals surface area contributed by atoms with Crippen LogP contribution in [-0.2, 0) is 12.8 Å². The number of anilines is 4. The highest BCUT2D eigenvalue weighted by Crippen LogP contribution is 2.30. The fourth-order valence-corrected chi connectivity index (χ4v) is 3.95. The second-order valence-corrected chi connectivity index (χ2v) is 8.12. The first kappa shape index (κ1) is 19.1. The molecule has 1 fully saturated rings. The number of rotatable bonds is 3. The van der Waals surface area contributed by atoms with Crippen LogP contribution in [0.2, 0.25) is 5.02 Å². The number of hydrogen-bond donors (Lipinski definition) is 3. The summed E-state index contributed by atoms with van der Waals surface area (Å²) in [5.74, 6) is 2.51. The lowest BCUT2D eigenvalue weighted by atomic mass is 10.0. The Balaban J connectivity index is 1.49. The minimum atomic E-state index is 0.456. The lowest BCUT2D eigenvalue weighted by Gasteiger charge is -2.16. The van der Waals surface area contributed by atoms with Crippen molar-refractivity contribution < 1.29 is 4.74 Å². The number of aryl methyl sites for hydroxylation is 2. The van der Waals surface area contributed by atoms with Gasteiger partial charge in [0.2, 0.25) is 5.95 Å². The van der Waals surface area contributed by atoms with Crippen molar-refractivity contribution in [1.29, 1.82) is 0 Å². The van der Waals surface area contributed by atoms with Gasteiger partial charge in [-0.2, -0.15) is 4.98 Å². The predicted molar refractivity (Wildman–Crippen MR) is 118 cm³/mol. The fourth-order valence-electron chi connectivity index (χ4n) is 3.81. The van der Waals surface area contributed by atoms with Crippen LogP contribution in [0.3, 0.4) is 0 Å². The van der Waals surface area contributed by atoms with Crippen LogP contribution in [0.15, 0.2) is 42.9 Å². The van der Waals surface area contributed by atoms with Gasteiger partial charge in [0.1, 0.15) is 10.8 Å². The molecule has 0 radical (unpaired) electrons. The average Bonchev–Trinajstić information content (AvgIpc) is 3.27. The minimum Gasteiger partial charge on any atom is -0.493 e. The molecular weight excluding hydrogens is 400 g/mol. The summed E-state index contributed by atoms with van der Waals surface area (Å²) in [4.78, 5) is 13.2. The molecule has 6 bridgehead atoms. The summed E-state index contributed by atoms with van der Waals surface area (Å²) in [5, 5.41) is 10.4. The first-order valence-corrected chi connectivity index (χ1v) is 10.6. The summed E-state index contributed by atoms with van der Waals surface area (Å²) < 4.78 is 6.23. The molecule has 1 saturated heterocycles. The van der Waals surface area contributed by atoms with Gasteiger partial charge in [0, 0.05) is 24.3 Å². The molecule has 0 spiro atoms. The molecule has 7 nitrogen and oxygen atoms in total. The van der Waals surface area contributed by atoms with E-state index in [2.05, 4.69) is 43.0 Å². The maximum Gasteiger partial charge on any atom is 0.229 e. The normalized spacial score (nSPS) is 17.7. The summed E-state index contributed by atoms with van der Waals surface area (Å²) in [6, 6.07) is 8.22. The van der Waals surface area contributed by atoms with Gasteiger partial charge in [-0.05, 0) is 61.2 Å². The van der Waals surface area contributed by atoms with Gasteiger partial charge in [-0.3, -0.25) is 4.98 Å². The molecule has 0 aliphatic carbocycles. The van der Waals surface area contributed by atoms with Crippen LogP contribution >= 0.6 is 11.6 Å². The fraction of sp³-hybridized carbons (Fsp3) is 0.318. The summed E-state index contributed by atoms with van der Waals surface area (Å²) in [6.45, 7) is 2.83. The molecule has 2 aliphatic rings. The van der Waals surface area contributed by atoms with E-state index in [-0.39, 0.29) is 0 Å². The smallest absolute Gasteiger partial charge is 0.229 e. The maximum atomic E-state index is 6.33. The molecule has 154 valence electrons. The molecule has 0 amide bonds.